The first-order chi connectivity index (χ1) is 12.5. The van der Waals surface area contributed by atoms with E-state index in [0.29, 0.717) is 19.0 Å². The zero-order chi connectivity index (χ0) is 18.7. The van der Waals surface area contributed by atoms with Gasteiger partial charge in [-0.15, -0.1) is 0 Å². The molecule has 6 nitrogen and oxygen atoms in total. The van der Waals surface area contributed by atoms with E-state index in [0.717, 1.165) is 11.4 Å². The number of hydrogen-bond donors (Lipinski definition) is 0. The number of carbonyl (C=O) groups is 2. The lowest BCUT2D eigenvalue weighted by Crippen LogP contribution is -2.34. The van der Waals surface area contributed by atoms with E-state index in [1.165, 1.54) is 5.56 Å². The first-order valence-electron chi connectivity index (χ1n) is 8.86. The molecule has 0 aliphatic carbocycles. The Morgan fingerprint density at radius 2 is 2.00 bits per heavy atom. The van der Waals surface area contributed by atoms with Crippen LogP contribution in [0.1, 0.15) is 37.4 Å². The average Bonchev–Trinajstić information content (AvgIpc) is 3.03. The molecule has 0 spiro atoms. The molecule has 2 heterocycles. The summed E-state index contributed by atoms with van der Waals surface area (Å²) in [5, 5.41) is 0. The Morgan fingerprint density at radius 3 is 2.62 bits per heavy atom. The van der Waals surface area contributed by atoms with Gasteiger partial charge in [0.05, 0.1) is 24.4 Å². The van der Waals surface area contributed by atoms with E-state index >= 15 is 0 Å². The molecule has 0 N–H and O–H groups in total. The van der Waals surface area contributed by atoms with Gasteiger partial charge < -0.3 is 9.80 Å². The summed E-state index contributed by atoms with van der Waals surface area (Å²) in [5.41, 5.74) is 2.82. The number of carbonyl (C=O) groups excluding carboxylic acids is 2. The van der Waals surface area contributed by atoms with Gasteiger partial charge in [-0.25, -0.2) is 0 Å². The highest BCUT2D eigenvalue weighted by molar-refractivity contribution is 6.00. The quantitative estimate of drug-likeness (QED) is 0.830. The van der Waals surface area contributed by atoms with Crippen LogP contribution in [0.3, 0.4) is 0 Å². The molecule has 0 radical (unpaired) electrons. The Bertz CT molecular complexity index is 774. The number of benzene rings is 1. The fourth-order valence-corrected chi connectivity index (χ4v) is 3.21. The molecule has 1 aliphatic rings. The minimum Gasteiger partial charge on any atom is -0.339 e. The number of nitrogens with zero attached hydrogens (tertiary/aromatic N) is 4. The van der Waals surface area contributed by atoms with Crippen LogP contribution in [-0.4, -0.2) is 40.3 Å². The summed E-state index contributed by atoms with van der Waals surface area (Å²) in [4.78, 5) is 36.7. The highest BCUT2D eigenvalue weighted by atomic mass is 16.2. The second kappa shape index (κ2) is 7.64. The number of aromatic nitrogens is 2. The van der Waals surface area contributed by atoms with Crippen molar-refractivity contribution < 1.29 is 9.59 Å². The smallest absolute Gasteiger partial charge is 0.228 e. The lowest BCUT2D eigenvalue weighted by atomic mass is 10.0. The number of rotatable bonds is 5. The highest BCUT2D eigenvalue weighted by Gasteiger charge is 2.36. The van der Waals surface area contributed by atoms with Gasteiger partial charge in [-0.1, -0.05) is 26.0 Å². The molecule has 1 aliphatic heterocycles. The molecular weight excluding hydrogens is 328 g/mol. The van der Waals surface area contributed by atoms with Crippen LogP contribution in [0.25, 0.3) is 0 Å². The van der Waals surface area contributed by atoms with E-state index in [4.69, 9.17) is 0 Å². The maximum absolute atomic E-state index is 12.7. The summed E-state index contributed by atoms with van der Waals surface area (Å²) < 4.78 is 0. The van der Waals surface area contributed by atoms with E-state index in [2.05, 4.69) is 23.8 Å². The van der Waals surface area contributed by atoms with Gasteiger partial charge in [-0.3, -0.25) is 19.6 Å². The van der Waals surface area contributed by atoms with Crippen LogP contribution in [0.2, 0.25) is 0 Å². The van der Waals surface area contributed by atoms with Crippen LogP contribution in [0.5, 0.6) is 0 Å². The van der Waals surface area contributed by atoms with Gasteiger partial charge in [0.25, 0.3) is 0 Å². The van der Waals surface area contributed by atoms with Gasteiger partial charge >= 0.3 is 0 Å². The van der Waals surface area contributed by atoms with Gasteiger partial charge in [-0.2, -0.15) is 0 Å². The molecule has 1 atom stereocenters. The van der Waals surface area contributed by atoms with Crippen LogP contribution in [0.15, 0.2) is 42.9 Å². The van der Waals surface area contributed by atoms with Crippen LogP contribution in [0, 0.1) is 5.92 Å². The standard InChI is InChI=1S/C20H24N4O2/c1-14(2)15-4-6-18(7-5-15)24-12-16(10-19(24)25)20(26)23(3)13-17-11-21-8-9-22-17/h4-9,11,14,16H,10,12-13H2,1-3H3. The third-order valence-electron chi connectivity index (χ3n) is 4.74. The Labute approximate surface area is 153 Å². The molecule has 1 saturated heterocycles. The monoisotopic (exact) mass is 352 g/mol. The van der Waals surface area contributed by atoms with Crippen molar-refractivity contribution in [2.24, 2.45) is 5.92 Å². The number of anilines is 1. The average molecular weight is 352 g/mol. The third-order valence-corrected chi connectivity index (χ3v) is 4.74. The summed E-state index contributed by atoms with van der Waals surface area (Å²) in [5.74, 6) is 0.0789. The fraction of sp³-hybridized carbons (Fsp3) is 0.400. The summed E-state index contributed by atoms with van der Waals surface area (Å²) in [6.07, 6.45) is 5.10. The van der Waals surface area contributed by atoms with Crippen molar-refractivity contribution in [3.8, 4) is 0 Å². The van der Waals surface area contributed by atoms with E-state index in [-0.39, 0.29) is 24.2 Å². The van der Waals surface area contributed by atoms with Crippen LogP contribution in [0.4, 0.5) is 5.69 Å². The molecular formula is C20H24N4O2. The summed E-state index contributed by atoms with van der Waals surface area (Å²) in [7, 11) is 1.74. The maximum atomic E-state index is 12.7. The molecule has 6 heteroatoms. The Hall–Kier alpha value is -2.76. The zero-order valence-corrected chi connectivity index (χ0v) is 15.4. The minimum atomic E-state index is -0.325. The number of amides is 2. The number of hydrogen-bond acceptors (Lipinski definition) is 4. The molecule has 1 aromatic heterocycles. The molecule has 0 bridgehead atoms. The summed E-state index contributed by atoms with van der Waals surface area (Å²) in [6, 6.07) is 8.01. The predicted octanol–water partition coefficient (Wildman–Crippen LogP) is 2.61. The third kappa shape index (κ3) is 3.90. The van der Waals surface area contributed by atoms with Crippen molar-refractivity contribution in [2.75, 3.05) is 18.5 Å². The van der Waals surface area contributed by atoms with E-state index in [9.17, 15) is 9.59 Å². The normalized spacial score (nSPS) is 17.0. The van der Waals surface area contributed by atoms with Crippen LogP contribution in [-0.2, 0) is 16.1 Å². The Balaban J connectivity index is 1.65. The van der Waals surface area contributed by atoms with Crippen molar-refractivity contribution >= 4 is 17.5 Å². The lowest BCUT2D eigenvalue weighted by molar-refractivity contribution is -0.135. The van der Waals surface area contributed by atoms with Crippen molar-refractivity contribution in [1.82, 2.24) is 14.9 Å². The molecule has 1 fully saturated rings. The minimum absolute atomic E-state index is 0.00597. The van der Waals surface area contributed by atoms with Gasteiger partial charge in [0.2, 0.25) is 11.8 Å². The van der Waals surface area contributed by atoms with Crippen molar-refractivity contribution in [1.29, 1.82) is 0 Å². The van der Waals surface area contributed by atoms with E-state index in [1.54, 1.807) is 35.4 Å². The van der Waals surface area contributed by atoms with Gasteiger partial charge in [-0.05, 0) is 23.6 Å². The lowest BCUT2D eigenvalue weighted by Gasteiger charge is -2.21. The van der Waals surface area contributed by atoms with Gasteiger partial charge in [0, 0.05) is 38.1 Å². The Morgan fingerprint density at radius 1 is 1.27 bits per heavy atom. The molecule has 1 aromatic carbocycles. The molecule has 0 saturated carbocycles. The van der Waals surface area contributed by atoms with Gasteiger partial charge in [0.15, 0.2) is 0 Å². The van der Waals surface area contributed by atoms with Crippen LogP contribution >= 0.6 is 0 Å². The first-order valence-corrected chi connectivity index (χ1v) is 8.86. The van der Waals surface area contributed by atoms with Gasteiger partial charge in [0.1, 0.15) is 0 Å². The van der Waals surface area contributed by atoms with E-state index < -0.39 is 0 Å². The molecule has 26 heavy (non-hydrogen) atoms. The molecule has 3 rings (SSSR count). The molecule has 2 amide bonds. The topological polar surface area (TPSA) is 66.4 Å². The summed E-state index contributed by atoms with van der Waals surface area (Å²) >= 11 is 0. The molecule has 2 aromatic rings. The van der Waals surface area contributed by atoms with Crippen molar-refractivity contribution in [3.63, 3.8) is 0 Å². The predicted molar refractivity (Wildman–Crippen MR) is 99.5 cm³/mol. The second-order valence-corrected chi connectivity index (χ2v) is 7.04. The molecule has 1 unspecified atom stereocenters. The van der Waals surface area contributed by atoms with E-state index in [1.807, 2.05) is 24.3 Å². The van der Waals surface area contributed by atoms with Crippen LogP contribution < -0.4 is 4.90 Å². The summed E-state index contributed by atoms with van der Waals surface area (Å²) in [6.45, 7) is 5.08. The first kappa shape index (κ1) is 18.0. The SMILES string of the molecule is CC(C)c1ccc(N2CC(C(=O)N(C)Cc3cnccn3)CC2=O)cc1. The Kier molecular flexibility index (Phi) is 5.30. The molecule has 136 valence electrons. The maximum Gasteiger partial charge on any atom is 0.228 e. The zero-order valence-electron chi connectivity index (χ0n) is 15.4. The van der Waals surface area contributed by atoms with Crippen molar-refractivity contribution in [3.05, 3.63) is 54.1 Å². The fourth-order valence-electron chi connectivity index (χ4n) is 3.21. The second-order valence-electron chi connectivity index (χ2n) is 7.04. The van der Waals surface area contributed by atoms with Crippen molar-refractivity contribution in [2.45, 2.75) is 32.7 Å². The largest absolute Gasteiger partial charge is 0.339 e. The highest BCUT2D eigenvalue weighted by Crippen LogP contribution is 2.27.